The van der Waals surface area contributed by atoms with Crippen LogP contribution in [0.4, 0.5) is 0 Å². The predicted octanol–water partition coefficient (Wildman–Crippen LogP) is 3.00. The first kappa shape index (κ1) is 12.9. The van der Waals surface area contributed by atoms with Crippen LogP contribution in [-0.2, 0) is 11.2 Å². The van der Waals surface area contributed by atoms with Gasteiger partial charge in [-0.3, -0.25) is 0 Å². The monoisotopic (exact) mass is 262 g/mol. The van der Waals surface area contributed by atoms with Crippen molar-refractivity contribution < 1.29 is 14.6 Å². The average molecular weight is 262 g/mol. The van der Waals surface area contributed by atoms with Gasteiger partial charge < -0.3 is 14.6 Å². The first-order valence-electron chi connectivity index (χ1n) is 7.38. The van der Waals surface area contributed by atoms with E-state index in [1.165, 1.54) is 18.4 Å². The fourth-order valence-corrected chi connectivity index (χ4v) is 2.97. The van der Waals surface area contributed by atoms with Gasteiger partial charge in [0.05, 0.1) is 12.2 Å². The Bertz CT molecular complexity index is 424. The van der Waals surface area contributed by atoms with Gasteiger partial charge in [0.1, 0.15) is 12.4 Å². The molecule has 3 rings (SSSR count). The smallest absolute Gasteiger partial charge is 0.119 e. The summed E-state index contributed by atoms with van der Waals surface area (Å²) in [7, 11) is 0. The highest BCUT2D eigenvalue weighted by Gasteiger charge is 2.19. The van der Waals surface area contributed by atoms with Gasteiger partial charge in [0.25, 0.3) is 0 Å². The Balaban J connectivity index is 1.63. The van der Waals surface area contributed by atoms with Gasteiger partial charge in [0.2, 0.25) is 0 Å². The molecule has 1 heterocycles. The van der Waals surface area contributed by atoms with Crippen molar-refractivity contribution in [2.75, 3.05) is 13.2 Å². The highest BCUT2D eigenvalue weighted by atomic mass is 16.5. The topological polar surface area (TPSA) is 38.7 Å². The normalized spacial score (nSPS) is 26.8. The van der Waals surface area contributed by atoms with Gasteiger partial charge in [-0.25, -0.2) is 0 Å². The zero-order valence-electron chi connectivity index (χ0n) is 11.3. The van der Waals surface area contributed by atoms with Gasteiger partial charge in [-0.1, -0.05) is 6.07 Å². The Hall–Kier alpha value is -1.06. The number of benzene rings is 1. The van der Waals surface area contributed by atoms with E-state index >= 15 is 0 Å². The largest absolute Gasteiger partial charge is 0.491 e. The maximum atomic E-state index is 10.0. The third-order valence-electron chi connectivity index (χ3n) is 4.11. The molecule has 1 saturated heterocycles. The van der Waals surface area contributed by atoms with Crippen LogP contribution in [0.3, 0.4) is 0 Å². The second-order valence-corrected chi connectivity index (χ2v) is 5.57. The molecule has 1 aromatic carbocycles. The molecular formula is C16H22O3. The first-order chi connectivity index (χ1) is 9.33. The highest BCUT2D eigenvalue weighted by Crippen LogP contribution is 2.32. The molecule has 1 aliphatic carbocycles. The predicted molar refractivity (Wildman–Crippen MR) is 73.4 cm³/mol. The maximum absolute atomic E-state index is 10.0. The minimum absolute atomic E-state index is 0.231. The highest BCUT2D eigenvalue weighted by molar-refractivity contribution is 5.38. The van der Waals surface area contributed by atoms with E-state index in [-0.39, 0.29) is 12.2 Å². The second-order valence-electron chi connectivity index (χ2n) is 5.57. The molecule has 1 aromatic rings. The molecule has 0 bridgehead atoms. The molecule has 1 aliphatic heterocycles. The molecule has 0 aromatic heterocycles. The van der Waals surface area contributed by atoms with Crippen LogP contribution in [0.2, 0.25) is 0 Å². The number of rotatable bonds is 3. The van der Waals surface area contributed by atoms with Crippen LogP contribution >= 0.6 is 0 Å². The third-order valence-corrected chi connectivity index (χ3v) is 4.11. The van der Waals surface area contributed by atoms with Gasteiger partial charge in [-0.05, 0) is 61.8 Å². The first-order valence-corrected chi connectivity index (χ1v) is 7.38. The summed E-state index contributed by atoms with van der Waals surface area (Å²) in [6.45, 7) is 1.48. The van der Waals surface area contributed by atoms with Crippen molar-refractivity contribution >= 4 is 0 Å². The molecule has 1 N–H and O–H groups in total. The number of ether oxygens (including phenoxy) is 2. The van der Waals surface area contributed by atoms with Crippen molar-refractivity contribution in [3.8, 4) is 5.75 Å². The summed E-state index contributed by atoms with van der Waals surface area (Å²) >= 11 is 0. The van der Waals surface area contributed by atoms with Crippen LogP contribution in [-0.4, -0.2) is 24.4 Å². The van der Waals surface area contributed by atoms with E-state index in [1.807, 2.05) is 12.1 Å². The lowest BCUT2D eigenvalue weighted by Gasteiger charge is -2.24. The number of hydrogen-bond acceptors (Lipinski definition) is 3. The van der Waals surface area contributed by atoms with Gasteiger partial charge in [-0.15, -0.1) is 0 Å². The standard InChI is InChI=1S/C16H22O3/c17-16-6-3-4-12-7-8-13(10-15(12)16)19-11-14-5-1-2-9-18-14/h7-8,10,14,16-17H,1-6,9,11H2/t14?,16-/m0/s1. The Morgan fingerprint density at radius 1 is 1.21 bits per heavy atom. The Kier molecular flexibility index (Phi) is 4.04. The second kappa shape index (κ2) is 5.93. The van der Waals surface area contributed by atoms with E-state index in [1.54, 1.807) is 0 Å². The summed E-state index contributed by atoms with van der Waals surface area (Å²) in [4.78, 5) is 0. The number of aliphatic hydroxyl groups is 1. The van der Waals surface area contributed by atoms with Gasteiger partial charge >= 0.3 is 0 Å². The molecule has 1 unspecified atom stereocenters. The van der Waals surface area contributed by atoms with Crippen LogP contribution in [0.1, 0.15) is 49.3 Å². The minimum atomic E-state index is -0.321. The average Bonchev–Trinajstić information content (AvgIpc) is 2.47. The molecule has 1 fully saturated rings. The lowest BCUT2D eigenvalue weighted by atomic mass is 9.89. The van der Waals surface area contributed by atoms with Crippen molar-refractivity contribution in [1.82, 2.24) is 0 Å². The molecule has 104 valence electrons. The molecule has 0 saturated carbocycles. The van der Waals surface area contributed by atoms with Crippen molar-refractivity contribution in [3.05, 3.63) is 29.3 Å². The van der Waals surface area contributed by atoms with Gasteiger partial charge in [0, 0.05) is 6.61 Å². The summed E-state index contributed by atoms with van der Waals surface area (Å²) in [5.41, 5.74) is 2.31. The van der Waals surface area contributed by atoms with Crippen LogP contribution in [0.15, 0.2) is 18.2 Å². The van der Waals surface area contributed by atoms with E-state index in [4.69, 9.17) is 9.47 Å². The van der Waals surface area contributed by atoms with Crippen molar-refractivity contribution in [2.24, 2.45) is 0 Å². The fraction of sp³-hybridized carbons (Fsp3) is 0.625. The quantitative estimate of drug-likeness (QED) is 0.910. The summed E-state index contributed by atoms with van der Waals surface area (Å²) in [6, 6.07) is 6.11. The van der Waals surface area contributed by atoms with Crippen molar-refractivity contribution in [1.29, 1.82) is 0 Å². The number of aryl methyl sites for hydroxylation is 1. The van der Waals surface area contributed by atoms with E-state index in [0.717, 1.165) is 43.6 Å². The lowest BCUT2D eigenvalue weighted by Crippen LogP contribution is -2.25. The van der Waals surface area contributed by atoms with Crippen LogP contribution in [0.5, 0.6) is 5.75 Å². The summed E-state index contributed by atoms with van der Waals surface area (Å²) in [5.74, 6) is 0.855. The molecule has 0 amide bonds. The SMILES string of the molecule is O[C@H]1CCCc2ccc(OCC3CCCCO3)cc21. The van der Waals surface area contributed by atoms with E-state index < -0.39 is 0 Å². The van der Waals surface area contributed by atoms with Gasteiger partial charge in [0.15, 0.2) is 0 Å². The molecule has 2 atom stereocenters. The molecule has 3 nitrogen and oxygen atoms in total. The lowest BCUT2D eigenvalue weighted by molar-refractivity contribution is -0.0111. The summed E-state index contributed by atoms with van der Waals surface area (Å²) in [5, 5.41) is 10.0. The summed E-state index contributed by atoms with van der Waals surface area (Å²) < 4.78 is 11.5. The van der Waals surface area contributed by atoms with E-state index in [9.17, 15) is 5.11 Å². The Morgan fingerprint density at radius 3 is 3.00 bits per heavy atom. The van der Waals surface area contributed by atoms with E-state index in [0.29, 0.717) is 6.61 Å². The molecule has 0 spiro atoms. The number of hydrogen-bond donors (Lipinski definition) is 1. The zero-order valence-corrected chi connectivity index (χ0v) is 11.3. The molecule has 0 radical (unpaired) electrons. The number of aliphatic hydroxyl groups excluding tert-OH is 1. The maximum Gasteiger partial charge on any atom is 0.119 e. The Morgan fingerprint density at radius 2 is 2.16 bits per heavy atom. The van der Waals surface area contributed by atoms with Crippen molar-refractivity contribution in [3.63, 3.8) is 0 Å². The molecule has 3 heteroatoms. The zero-order chi connectivity index (χ0) is 13.1. The van der Waals surface area contributed by atoms with Crippen LogP contribution < -0.4 is 4.74 Å². The molecule has 2 aliphatic rings. The fourth-order valence-electron chi connectivity index (χ4n) is 2.97. The van der Waals surface area contributed by atoms with Gasteiger partial charge in [-0.2, -0.15) is 0 Å². The van der Waals surface area contributed by atoms with Crippen LogP contribution in [0.25, 0.3) is 0 Å². The van der Waals surface area contributed by atoms with Crippen LogP contribution in [0, 0.1) is 0 Å². The summed E-state index contributed by atoms with van der Waals surface area (Å²) in [6.07, 6.45) is 6.41. The third kappa shape index (κ3) is 3.10. The Labute approximate surface area is 114 Å². The number of fused-ring (bicyclic) bond motifs is 1. The van der Waals surface area contributed by atoms with Crippen molar-refractivity contribution in [2.45, 2.75) is 50.7 Å². The van der Waals surface area contributed by atoms with E-state index in [2.05, 4.69) is 6.07 Å². The molecular weight excluding hydrogens is 240 g/mol. The molecule has 19 heavy (non-hydrogen) atoms. The minimum Gasteiger partial charge on any atom is -0.491 e.